The number of nitrogens with zero attached hydrogens (tertiary/aromatic N) is 1. The molecule has 0 aromatic rings. The van der Waals surface area contributed by atoms with Gasteiger partial charge in [-0.15, -0.1) is 0 Å². The molecule has 1 N–H and O–H groups in total. The van der Waals surface area contributed by atoms with Gasteiger partial charge in [-0.25, -0.2) is 0 Å². The summed E-state index contributed by atoms with van der Waals surface area (Å²) in [6.45, 7) is 6.92. The molecule has 1 amide bonds. The van der Waals surface area contributed by atoms with Gasteiger partial charge in [-0.05, 0) is 37.6 Å². The number of carbonyl (C=O) groups is 1. The molecule has 3 saturated heterocycles. The third kappa shape index (κ3) is 1.56. The summed E-state index contributed by atoms with van der Waals surface area (Å²) in [4.78, 5) is 14.5. The third-order valence-electron chi connectivity index (χ3n) is 4.62. The molecule has 0 spiro atoms. The van der Waals surface area contributed by atoms with E-state index < -0.39 is 0 Å². The fourth-order valence-electron chi connectivity index (χ4n) is 3.85. The molecule has 3 aliphatic heterocycles. The van der Waals surface area contributed by atoms with E-state index in [2.05, 4.69) is 24.1 Å². The van der Waals surface area contributed by atoms with Gasteiger partial charge in [0.2, 0.25) is 5.91 Å². The van der Waals surface area contributed by atoms with Crippen LogP contribution in [0.15, 0.2) is 0 Å². The molecule has 4 rings (SSSR count). The highest BCUT2D eigenvalue weighted by Gasteiger charge is 2.54. The first-order valence-corrected chi connectivity index (χ1v) is 6.69. The minimum absolute atomic E-state index is 0.317. The summed E-state index contributed by atoms with van der Waals surface area (Å²) in [5.41, 5.74) is 0. The van der Waals surface area contributed by atoms with E-state index in [9.17, 15) is 4.79 Å². The third-order valence-corrected chi connectivity index (χ3v) is 4.62. The highest BCUT2D eigenvalue weighted by molar-refractivity contribution is 5.82. The minimum atomic E-state index is 0.317. The van der Waals surface area contributed by atoms with E-state index in [0.717, 1.165) is 5.92 Å². The maximum Gasteiger partial charge on any atom is 0.225 e. The fraction of sp³-hybridized carbons (Fsp3) is 0.923. The Morgan fingerprint density at radius 3 is 2.88 bits per heavy atom. The molecule has 4 unspecified atom stereocenters. The normalized spacial score (nSPS) is 41.8. The first kappa shape index (κ1) is 10.6. The summed E-state index contributed by atoms with van der Waals surface area (Å²) in [6, 6.07) is 1.05. The van der Waals surface area contributed by atoms with Crippen molar-refractivity contribution in [2.24, 2.45) is 17.8 Å². The SMILES string of the molecule is CC(C)CCN1CC2CC3CC1C2C(=O)N3. The van der Waals surface area contributed by atoms with Crippen LogP contribution in [0.5, 0.6) is 0 Å². The molecule has 3 heterocycles. The molecule has 16 heavy (non-hydrogen) atoms. The number of hydrogen-bond donors (Lipinski definition) is 1. The van der Waals surface area contributed by atoms with Gasteiger partial charge < -0.3 is 5.32 Å². The smallest absolute Gasteiger partial charge is 0.225 e. The average Bonchev–Trinajstić information content (AvgIpc) is 2.48. The fourth-order valence-corrected chi connectivity index (χ4v) is 3.85. The van der Waals surface area contributed by atoms with Crippen LogP contribution in [-0.2, 0) is 4.79 Å². The lowest BCUT2D eigenvalue weighted by atomic mass is 9.73. The molecule has 0 radical (unpaired) electrons. The number of piperidine rings is 2. The Kier molecular flexibility index (Phi) is 2.46. The van der Waals surface area contributed by atoms with Crippen LogP contribution in [0.4, 0.5) is 0 Å². The van der Waals surface area contributed by atoms with Crippen molar-refractivity contribution in [3.63, 3.8) is 0 Å². The Morgan fingerprint density at radius 2 is 2.25 bits per heavy atom. The molecule has 0 aromatic heterocycles. The Hall–Kier alpha value is -0.570. The first-order valence-electron chi connectivity index (χ1n) is 6.69. The summed E-state index contributed by atoms with van der Waals surface area (Å²) in [5.74, 6) is 2.08. The zero-order valence-corrected chi connectivity index (χ0v) is 10.3. The average molecular weight is 222 g/mol. The van der Waals surface area contributed by atoms with Crippen LogP contribution < -0.4 is 5.32 Å². The van der Waals surface area contributed by atoms with Gasteiger partial charge in [0.25, 0.3) is 0 Å². The summed E-state index contributed by atoms with van der Waals surface area (Å²) in [5, 5.41) is 3.14. The quantitative estimate of drug-likeness (QED) is 0.779. The number of carbonyl (C=O) groups excluding carboxylic acids is 1. The van der Waals surface area contributed by atoms with E-state index in [4.69, 9.17) is 0 Å². The van der Waals surface area contributed by atoms with Gasteiger partial charge in [0.1, 0.15) is 0 Å². The molecular weight excluding hydrogens is 200 g/mol. The second-order valence-corrected chi connectivity index (χ2v) is 6.21. The number of amides is 1. The van der Waals surface area contributed by atoms with Crippen LogP contribution in [0, 0.1) is 17.8 Å². The number of likely N-dealkylation sites (tertiary alicyclic amines) is 1. The van der Waals surface area contributed by atoms with Crippen molar-refractivity contribution in [1.29, 1.82) is 0 Å². The Morgan fingerprint density at radius 1 is 1.44 bits per heavy atom. The topological polar surface area (TPSA) is 32.3 Å². The summed E-state index contributed by atoms with van der Waals surface area (Å²) >= 11 is 0. The van der Waals surface area contributed by atoms with Gasteiger partial charge in [-0.2, -0.15) is 0 Å². The highest BCUT2D eigenvalue weighted by atomic mass is 16.2. The van der Waals surface area contributed by atoms with Gasteiger partial charge in [-0.3, -0.25) is 9.69 Å². The van der Waals surface area contributed by atoms with Crippen molar-refractivity contribution in [3.05, 3.63) is 0 Å². The molecule has 4 atom stereocenters. The highest BCUT2D eigenvalue weighted by Crippen LogP contribution is 2.44. The molecule has 1 saturated carbocycles. The number of hydrogen-bond acceptors (Lipinski definition) is 2. The Bertz CT molecular complexity index is 302. The largest absolute Gasteiger partial charge is 0.353 e. The van der Waals surface area contributed by atoms with Crippen molar-refractivity contribution in [1.82, 2.24) is 10.2 Å². The van der Waals surface area contributed by atoms with Crippen LogP contribution >= 0.6 is 0 Å². The van der Waals surface area contributed by atoms with Gasteiger partial charge in [0.15, 0.2) is 0 Å². The van der Waals surface area contributed by atoms with Crippen molar-refractivity contribution < 1.29 is 4.79 Å². The van der Waals surface area contributed by atoms with Gasteiger partial charge >= 0.3 is 0 Å². The maximum absolute atomic E-state index is 11.9. The lowest BCUT2D eigenvalue weighted by Gasteiger charge is -2.42. The Labute approximate surface area is 97.6 Å². The second-order valence-electron chi connectivity index (χ2n) is 6.21. The molecule has 0 aromatic carbocycles. The van der Waals surface area contributed by atoms with E-state index in [-0.39, 0.29) is 0 Å². The standard InChI is InChI=1S/C13H22N2O/c1-8(2)3-4-15-7-9-5-10-6-11(15)12(9)13(16)14-10/h8-12H,3-7H2,1-2H3,(H,14,16). The van der Waals surface area contributed by atoms with Gasteiger partial charge in [0, 0.05) is 18.6 Å². The van der Waals surface area contributed by atoms with E-state index in [1.165, 1.54) is 32.4 Å². The first-order chi connectivity index (χ1) is 7.65. The summed E-state index contributed by atoms with van der Waals surface area (Å²) in [6.07, 6.45) is 3.69. The van der Waals surface area contributed by atoms with Crippen LogP contribution in [-0.4, -0.2) is 36.0 Å². The zero-order valence-electron chi connectivity index (χ0n) is 10.3. The van der Waals surface area contributed by atoms with Crippen molar-refractivity contribution >= 4 is 5.91 Å². The monoisotopic (exact) mass is 222 g/mol. The summed E-state index contributed by atoms with van der Waals surface area (Å²) < 4.78 is 0. The molecular formula is C13H22N2O. The van der Waals surface area contributed by atoms with Crippen LogP contribution in [0.2, 0.25) is 0 Å². The van der Waals surface area contributed by atoms with Crippen LogP contribution in [0.25, 0.3) is 0 Å². The second kappa shape index (κ2) is 3.73. The van der Waals surface area contributed by atoms with Gasteiger partial charge in [-0.1, -0.05) is 13.8 Å². The number of fused-ring (bicyclic) bond motifs is 1. The number of rotatable bonds is 3. The van der Waals surface area contributed by atoms with Gasteiger partial charge in [0.05, 0.1) is 5.92 Å². The predicted octanol–water partition coefficient (Wildman–Crippen LogP) is 1.24. The Balaban J connectivity index is 1.70. The molecule has 90 valence electrons. The van der Waals surface area contributed by atoms with E-state index in [0.29, 0.717) is 29.8 Å². The summed E-state index contributed by atoms with van der Waals surface area (Å²) in [7, 11) is 0. The minimum Gasteiger partial charge on any atom is -0.353 e. The van der Waals surface area contributed by atoms with E-state index in [1.54, 1.807) is 0 Å². The molecule has 4 bridgehead atoms. The van der Waals surface area contributed by atoms with Crippen molar-refractivity contribution in [2.75, 3.05) is 13.1 Å². The number of nitrogens with one attached hydrogen (secondary N) is 1. The predicted molar refractivity (Wildman–Crippen MR) is 63.0 cm³/mol. The molecule has 3 heteroatoms. The van der Waals surface area contributed by atoms with Crippen LogP contribution in [0.3, 0.4) is 0 Å². The van der Waals surface area contributed by atoms with Crippen LogP contribution in [0.1, 0.15) is 33.1 Å². The van der Waals surface area contributed by atoms with E-state index in [1.807, 2.05) is 0 Å². The molecule has 1 aliphatic carbocycles. The lowest BCUT2D eigenvalue weighted by Crippen LogP contribution is -2.57. The molecule has 4 aliphatic rings. The van der Waals surface area contributed by atoms with E-state index >= 15 is 0 Å². The lowest BCUT2D eigenvalue weighted by molar-refractivity contribution is -0.133. The zero-order chi connectivity index (χ0) is 11.3. The van der Waals surface area contributed by atoms with Crippen molar-refractivity contribution in [3.8, 4) is 0 Å². The van der Waals surface area contributed by atoms with Crippen molar-refractivity contribution in [2.45, 2.75) is 45.2 Å². The maximum atomic E-state index is 11.9. The molecule has 3 nitrogen and oxygen atoms in total. The molecule has 4 fully saturated rings.